The molecule has 5 nitrogen and oxygen atoms in total. The van der Waals surface area contributed by atoms with Crippen LogP contribution in [0.2, 0.25) is 0 Å². The highest BCUT2D eigenvalue weighted by molar-refractivity contribution is 5.96. The SMILES string of the molecule is Cc1ccccc1-c1noc([C@H]2CC(=O)N(c3ccc(C(C)C)cc3)C2)n1. The van der Waals surface area contributed by atoms with Gasteiger partial charge in [0.15, 0.2) is 0 Å². The number of hydrogen-bond donors (Lipinski definition) is 0. The molecular weight excluding hydrogens is 338 g/mol. The van der Waals surface area contributed by atoms with Crippen LogP contribution in [0.3, 0.4) is 0 Å². The normalized spacial score (nSPS) is 17.1. The molecule has 1 aliphatic rings. The van der Waals surface area contributed by atoms with Crippen molar-refractivity contribution in [2.45, 2.75) is 39.0 Å². The van der Waals surface area contributed by atoms with Crippen LogP contribution in [0.4, 0.5) is 5.69 Å². The predicted octanol–water partition coefficient (Wildman–Crippen LogP) is 4.69. The third kappa shape index (κ3) is 3.37. The van der Waals surface area contributed by atoms with Crippen LogP contribution in [0, 0.1) is 6.92 Å². The third-order valence-electron chi connectivity index (χ3n) is 5.17. The Balaban J connectivity index is 1.53. The fraction of sp³-hybridized carbons (Fsp3) is 0.318. The van der Waals surface area contributed by atoms with Gasteiger partial charge in [0.25, 0.3) is 0 Å². The van der Waals surface area contributed by atoms with Gasteiger partial charge in [-0.2, -0.15) is 4.98 Å². The molecule has 1 aromatic heterocycles. The second-order valence-corrected chi connectivity index (χ2v) is 7.42. The minimum absolute atomic E-state index is 0.0763. The maximum atomic E-state index is 12.5. The van der Waals surface area contributed by atoms with Crippen LogP contribution in [-0.4, -0.2) is 22.6 Å². The van der Waals surface area contributed by atoms with E-state index in [9.17, 15) is 4.79 Å². The van der Waals surface area contributed by atoms with Crippen molar-refractivity contribution in [2.24, 2.45) is 0 Å². The van der Waals surface area contributed by atoms with Gasteiger partial charge in [-0.1, -0.05) is 55.4 Å². The van der Waals surface area contributed by atoms with E-state index >= 15 is 0 Å². The minimum Gasteiger partial charge on any atom is -0.339 e. The van der Waals surface area contributed by atoms with Crippen molar-refractivity contribution in [3.8, 4) is 11.4 Å². The van der Waals surface area contributed by atoms with Crippen LogP contribution < -0.4 is 4.90 Å². The second-order valence-electron chi connectivity index (χ2n) is 7.42. The summed E-state index contributed by atoms with van der Waals surface area (Å²) in [5.74, 6) is 1.60. The minimum atomic E-state index is -0.0763. The van der Waals surface area contributed by atoms with Gasteiger partial charge in [0.1, 0.15) is 0 Å². The molecule has 0 N–H and O–H groups in total. The number of carbonyl (C=O) groups is 1. The summed E-state index contributed by atoms with van der Waals surface area (Å²) in [5, 5.41) is 4.13. The number of amides is 1. The van der Waals surface area contributed by atoms with Crippen molar-refractivity contribution in [2.75, 3.05) is 11.4 Å². The van der Waals surface area contributed by atoms with E-state index in [-0.39, 0.29) is 11.8 Å². The van der Waals surface area contributed by atoms with Crippen LogP contribution >= 0.6 is 0 Å². The van der Waals surface area contributed by atoms with Gasteiger partial charge < -0.3 is 9.42 Å². The highest BCUT2D eigenvalue weighted by Crippen LogP contribution is 2.33. The summed E-state index contributed by atoms with van der Waals surface area (Å²) in [6.45, 7) is 6.91. The Morgan fingerprint density at radius 2 is 1.85 bits per heavy atom. The molecule has 0 aliphatic carbocycles. The number of rotatable bonds is 4. The Morgan fingerprint density at radius 1 is 1.11 bits per heavy atom. The third-order valence-corrected chi connectivity index (χ3v) is 5.17. The van der Waals surface area contributed by atoms with Crippen molar-refractivity contribution < 1.29 is 9.32 Å². The monoisotopic (exact) mass is 361 g/mol. The molecule has 0 spiro atoms. The lowest BCUT2D eigenvalue weighted by Gasteiger charge is -2.17. The summed E-state index contributed by atoms with van der Waals surface area (Å²) in [6, 6.07) is 16.1. The van der Waals surface area contributed by atoms with Gasteiger partial charge in [-0.15, -0.1) is 0 Å². The Hall–Kier alpha value is -2.95. The molecule has 1 fully saturated rings. The van der Waals surface area contributed by atoms with Gasteiger partial charge in [0.05, 0.1) is 5.92 Å². The highest BCUT2D eigenvalue weighted by Gasteiger charge is 2.35. The van der Waals surface area contributed by atoms with Crippen molar-refractivity contribution >= 4 is 11.6 Å². The molecule has 1 atom stereocenters. The van der Waals surface area contributed by atoms with Crippen molar-refractivity contribution in [3.05, 3.63) is 65.5 Å². The van der Waals surface area contributed by atoms with E-state index in [4.69, 9.17) is 4.52 Å². The Kier molecular flexibility index (Phi) is 4.52. The molecule has 4 rings (SSSR count). The molecule has 1 saturated heterocycles. The van der Waals surface area contributed by atoms with E-state index in [0.29, 0.717) is 30.6 Å². The molecule has 3 aromatic rings. The molecule has 0 saturated carbocycles. The number of carbonyl (C=O) groups excluding carboxylic acids is 1. The zero-order chi connectivity index (χ0) is 19.0. The van der Waals surface area contributed by atoms with E-state index in [0.717, 1.165) is 16.8 Å². The van der Waals surface area contributed by atoms with Crippen LogP contribution in [0.1, 0.15) is 49.1 Å². The molecule has 27 heavy (non-hydrogen) atoms. The highest BCUT2D eigenvalue weighted by atomic mass is 16.5. The number of nitrogens with zero attached hydrogens (tertiary/aromatic N) is 3. The van der Waals surface area contributed by atoms with Gasteiger partial charge in [-0.25, -0.2) is 0 Å². The summed E-state index contributed by atoms with van der Waals surface area (Å²) in [6.07, 6.45) is 0.390. The summed E-state index contributed by atoms with van der Waals surface area (Å²) >= 11 is 0. The van der Waals surface area contributed by atoms with Gasteiger partial charge in [0, 0.05) is 24.2 Å². The maximum absolute atomic E-state index is 12.5. The number of aromatic nitrogens is 2. The fourth-order valence-corrected chi connectivity index (χ4v) is 3.50. The number of benzene rings is 2. The number of anilines is 1. The van der Waals surface area contributed by atoms with Crippen LogP contribution in [0.5, 0.6) is 0 Å². The molecule has 5 heteroatoms. The van der Waals surface area contributed by atoms with Crippen LogP contribution in [0.15, 0.2) is 53.1 Å². The average molecular weight is 361 g/mol. The molecule has 138 valence electrons. The lowest BCUT2D eigenvalue weighted by atomic mass is 10.0. The predicted molar refractivity (Wildman–Crippen MR) is 105 cm³/mol. The lowest BCUT2D eigenvalue weighted by molar-refractivity contribution is -0.117. The van der Waals surface area contributed by atoms with E-state index in [1.54, 1.807) is 0 Å². The van der Waals surface area contributed by atoms with Crippen LogP contribution in [0.25, 0.3) is 11.4 Å². The molecule has 2 heterocycles. The van der Waals surface area contributed by atoms with Gasteiger partial charge >= 0.3 is 0 Å². The number of hydrogen-bond acceptors (Lipinski definition) is 4. The molecule has 0 unspecified atom stereocenters. The molecule has 0 bridgehead atoms. The van der Waals surface area contributed by atoms with E-state index in [1.807, 2.05) is 48.2 Å². The zero-order valence-corrected chi connectivity index (χ0v) is 15.8. The van der Waals surface area contributed by atoms with E-state index in [1.165, 1.54) is 5.56 Å². The standard InChI is InChI=1S/C22H23N3O2/c1-14(2)16-8-10-18(11-9-16)25-13-17(12-20(25)26)22-23-21(24-27-22)19-7-5-4-6-15(19)3/h4-11,14,17H,12-13H2,1-3H3/t17-/m0/s1. The number of aryl methyl sites for hydroxylation is 1. The zero-order valence-electron chi connectivity index (χ0n) is 15.8. The summed E-state index contributed by atoms with van der Waals surface area (Å²) in [7, 11) is 0. The van der Waals surface area contributed by atoms with Crippen LogP contribution in [-0.2, 0) is 4.79 Å². The Labute approximate surface area is 159 Å². The summed E-state index contributed by atoms with van der Waals surface area (Å²) in [5.41, 5.74) is 4.24. The van der Waals surface area contributed by atoms with Crippen molar-refractivity contribution in [3.63, 3.8) is 0 Å². The first kappa shape index (κ1) is 17.5. The van der Waals surface area contributed by atoms with Crippen molar-refractivity contribution in [1.29, 1.82) is 0 Å². The molecule has 1 amide bonds. The van der Waals surface area contributed by atoms with Gasteiger partial charge in [0.2, 0.25) is 17.6 Å². The second kappa shape index (κ2) is 6.99. The quantitative estimate of drug-likeness (QED) is 0.676. The first-order valence-electron chi connectivity index (χ1n) is 9.33. The fourth-order valence-electron chi connectivity index (χ4n) is 3.50. The maximum Gasteiger partial charge on any atom is 0.232 e. The largest absolute Gasteiger partial charge is 0.339 e. The van der Waals surface area contributed by atoms with Gasteiger partial charge in [-0.05, 0) is 36.1 Å². The van der Waals surface area contributed by atoms with Gasteiger partial charge in [-0.3, -0.25) is 4.79 Å². The topological polar surface area (TPSA) is 59.2 Å². The molecule has 0 radical (unpaired) electrons. The Morgan fingerprint density at radius 3 is 2.56 bits per heavy atom. The summed E-state index contributed by atoms with van der Waals surface area (Å²) < 4.78 is 5.50. The van der Waals surface area contributed by atoms with Crippen molar-refractivity contribution in [1.82, 2.24) is 10.1 Å². The Bertz CT molecular complexity index is 960. The van der Waals surface area contributed by atoms with E-state index in [2.05, 4.69) is 36.1 Å². The molecule has 1 aliphatic heterocycles. The molecular formula is C22H23N3O2. The first-order valence-corrected chi connectivity index (χ1v) is 9.33. The first-order chi connectivity index (χ1) is 13.0. The summed E-state index contributed by atoms with van der Waals surface area (Å²) in [4.78, 5) is 18.9. The smallest absolute Gasteiger partial charge is 0.232 e. The average Bonchev–Trinajstić information content (AvgIpc) is 3.29. The lowest BCUT2D eigenvalue weighted by Crippen LogP contribution is -2.24. The molecule has 2 aromatic carbocycles. The van der Waals surface area contributed by atoms with E-state index < -0.39 is 0 Å².